The molecule has 4 fully saturated rings. The van der Waals surface area contributed by atoms with E-state index in [9.17, 15) is 20.4 Å². The minimum absolute atomic E-state index is 0.0473. The van der Waals surface area contributed by atoms with Gasteiger partial charge >= 0.3 is 0 Å². The van der Waals surface area contributed by atoms with Crippen LogP contribution < -0.4 is 22.1 Å². The molecule has 0 spiro atoms. The van der Waals surface area contributed by atoms with Gasteiger partial charge in [-0.3, -0.25) is 14.4 Å². The predicted octanol–water partition coefficient (Wildman–Crippen LogP) is 11.0. The minimum atomic E-state index is -1.82. The molecule has 0 radical (unpaired) electrons. The summed E-state index contributed by atoms with van der Waals surface area (Å²) < 4.78 is 32.1. The van der Waals surface area contributed by atoms with E-state index in [0.717, 1.165) is 12.8 Å². The zero-order chi connectivity index (χ0) is 53.6. The van der Waals surface area contributed by atoms with E-state index in [4.69, 9.17) is 11.5 Å². The van der Waals surface area contributed by atoms with Crippen molar-refractivity contribution in [3.05, 3.63) is 164 Å². The van der Waals surface area contributed by atoms with Gasteiger partial charge in [0.25, 0.3) is 0 Å². The van der Waals surface area contributed by atoms with Crippen LogP contribution in [0.1, 0.15) is 133 Å². The molecule has 4 aromatic rings. The fraction of sp³-hybridized carbons (Fsp3) is 0.444. The third-order valence-electron chi connectivity index (χ3n) is 18.4. The molecule has 2 heterocycles. The number of allylic oxidation sites excluding steroid dienone is 4. The number of aliphatic hydroxyl groups excluding tert-OH is 2. The summed E-state index contributed by atoms with van der Waals surface area (Å²) in [5, 5.41) is 56.7. The number of aromatic hydroxyl groups is 2. The zero-order valence-corrected chi connectivity index (χ0v) is 43.7. The molecule has 0 amide bonds. The van der Waals surface area contributed by atoms with Gasteiger partial charge in [-0.2, -0.15) is 0 Å². The molecule has 0 aromatic heterocycles. The average molecular weight is 1040 g/mol. The summed E-state index contributed by atoms with van der Waals surface area (Å²) in [6, 6.07) is 19.7. The Balaban J connectivity index is 1.36. The first kappa shape index (κ1) is 53.2. The van der Waals surface area contributed by atoms with Gasteiger partial charge in [0.05, 0.1) is 10.8 Å². The van der Waals surface area contributed by atoms with Gasteiger partial charge < -0.3 is 42.5 Å². The lowest BCUT2D eigenvalue weighted by molar-refractivity contribution is -0.145. The zero-order valence-electron chi connectivity index (χ0n) is 43.7. The number of carbonyl (C=O) groups is 3. The van der Waals surface area contributed by atoms with Gasteiger partial charge in [0, 0.05) is 58.6 Å². The second-order valence-corrected chi connectivity index (χ2v) is 22.6. The van der Waals surface area contributed by atoms with Gasteiger partial charge in [0.15, 0.2) is 17.3 Å². The minimum Gasteiger partial charge on any atom is -0.508 e. The topological polar surface area (TPSA) is 208 Å². The molecule has 4 aromatic carbocycles. The number of aliphatic hydroxyl groups is 2. The van der Waals surface area contributed by atoms with E-state index in [-0.39, 0.29) is 91.5 Å². The highest BCUT2D eigenvalue weighted by Crippen LogP contribution is 2.66. The summed E-state index contributed by atoms with van der Waals surface area (Å²) in [4.78, 5) is 50.3. The van der Waals surface area contributed by atoms with Gasteiger partial charge in [-0.1, -0.05) is 74.2 Å². The predicted molar refractivity (Wildman–Crippen MR) is 290 cm³/mol. The Morgan fingerprint density at radius 2 is 0.934 bits per heavy atom. The first-order chi connectivity index (χ1) is 36.6. The number of benzene rings is 4. The van der Waals surface area contributed by atoms with Crippen molar-refractivity contribution in [3.63, 3.8) is 0 Å². The molecule has 0 bridgehead atoms. The molecule has 10 rings (SSSR count). The first-order valence-corrected chi connectivity index (χ1v) is 27.6. The van der Waals surface area contributed by atoms with E-state index >= 15 is 23.2 Å². The van der Waals surface area contributed by atoms with Crippen molar-refractivity contribution in [1.29, 1.82) is 0 Å². The average Bonchev–Trinajstić information content (AvgIpc) is 3.54. The lowest BCUT2D eigenvalue weighted by Crippen LogP contribution is -2.63. The smallest absolute Gasteiger partial charge is 0.189 e. The number of phenolic OH excluding ortho intramolecular Hbond substituents is 2. The van der Waals surface area contributed by atoms with Crippen molar-refractivity contribution in [2.45, 2.75) is 116 Å². The quantitative estimate of drug-likeness (QED) is 0.0626. The van der Waals surface area contributed by atoms with Crippen molar-refractivity contribution in [3.8, 4) is 11.5 Å². The summed E-state index contributed by atoms with van der Waals surface area (Å²) in [6.45, 7) is 5.30. The molecule has 4 aliphatic carbocycles. The molecule has 2 saturated heterocycles. The Morgan fingerprint density at radius 1 is 0.539 bits per heavy atom. The van der Waals surface area contributed by atoms with Crippen LogP contribution in [0.5, 0.6) is 11.5 Å². The number of hydrogen-bond donors (Lipinski definition) is 8. The van der Waals surface area contributed by atoms with Crippen LogP contribution in [0.4, 0.5) is 8.78 Å². The Morgan fingerprint density at radius 3 is 1.30 bits per heavy atom. The van der Waals surface area contributed by atoms with Crippen LogP contribution in [0, 0.1) is 60.0 Å². The number of piperidine rings is 2. The second-order valence-electron chi connectivity index (χ2n) is 22.6. The lowest BCUT2D eigenvalue weighted by Gasteiger charge is -2.58. The Labute approximate surface area is 444 Å². The molecule has 2 saturated carbocycles. The Bertz CT molecular complexity index is 2890. The Kier molecular flexibility index (Phi) is 15.1. The summed E-state index contributed by atoms with van der Waals surface area (Å²) in [5.41, 5.74) is 13.6. The van der Waals surface area contributed by atoms with E-state index in [1.807, 2.05) is 0 Å². The highest BCUT2D eigenvalue weighted by molar-refractivity contribution is 6.19. The van der Waals surface area contributed by atoms with Crippen LogP contribution in [0.2, 0.25) is 0 Å². The van der Waals surface area contributed by atoms with Gasteiger partial charge in [0.1, 0.15) is 34.7 Å². The standard InChI is InChI=1S/C63H72F2N4O7/c1-35-43(19-9-23-49(35)64)53-45(57(72)37-13-7-17-41(70)29-37)31-62(47-21-3-5-25-51(47)66,55(59(53)74)39-15-11-27-68-33-39)61(76)63(48-22-4-6-26-52(48)67)32-46(58(73)38-14-8-18-42(71)30-38)54(44-20-10-24-50(65)36(44)2)60(75)56(63)40-16-12-28-69-34-40/h7-10,13-14,17-20,23-24,29-30,39-40,47-48,51-52,68-71,74-75H,3-6,11-12,15-16,21-22,25-28,31-34,66-67H2,1-2H3/t39?,40?,47-,48-,51-,52-,62?,63?/m1/s1. The number of hydrogen-bond acceptors (Lipinski definition) is 11. The fourth-order valence-corrected chi connectivity index (χ4v) is 14.9. The van der Waals surface area contributed by atoms with Crippen molar-refractivity contribution in [2.24, 2.45) is 46.0 Å². The van der Waals surface area contributed by atoms with Gasteiger partial charge in [-0.15, -0.1) is 0 Å². The van der Waals surface area contributed by atoms with Crippen LogP contribution in [0.15, 0.2) is 119 Å². The third-order valence-corrected chi connectivity index (χ3v) is 18.4. The van der Waals surface area contributed by atoms with Gasteiger partial charge in [0.2, 0.25) is 0 Å². The van der Waals surface area contributed by atoms with E-state index in [0.29, 0.717) is 102 Å². The molecule has 13 heteroatoms. The molecule has 4 unspecified atom stereocenters. The van der Waals surface area contributed by atoms with Crippen LogP contribution in [-0.2, 0) is 4.79 Å². The highest BCUT2D eigenvalue weighted by atomic mass is 19.1. The maximum atomic E-state index is 18.6. The molecule has 10 N–H and O–H groups in total. The van der Waals surface area contributed by atoms with Gasteiger partial charge in [-0.25, -0.2) is 8.78 Å². The molecule has 400 valence electrons. The number of halogens is 2. The third kappa shape index (κ3) is 9.14. The number of nitrogens with two attached hydrogens (primary N) is 2. The van der Waals surface area contributed by atoms with Crippen molar-refractivity contribution in [2.75, 3.05) is 26.2 Å². The van der Waals surface area contributed by atoms with Crippen LogP contribution >= 0.6 is 0 Å². The van der Waals surface area contributed by atoms with Crippen LogP contribution in [0.3, 0.4) is 0 Å². The molecular weight excluding hydrogens is 963 g/mol. The van der Waals surface area contributed by atoms with E-state index in [1.165, 1.54) is 48.5 Å². The summed E-state index contributed by atoms with van der Waals surface area (Å²) in [5.74, 6) is -6.02. The second kappa shape index (κ2) is 21.6. The molecule has 2 aliphatic heterocycles. The van der Waals surface area contributed by atoms with Gasteiger partial charge in [-0.05, 0) is 185 Å². The normalized spacial score (nSPS) is 28.7. The van der Waals surface area contributed by atoms with Crippen LogP contribution in [0.25, 0.3) is 11.1 Å². The number of rotatable bonds is 12. The SMILES string of the molecule is Cc1c(F)cccc1C1=C(C(=O)c2cccc(O)c2)CC(C(=O)C2([C@@H]3CCCC[C@H]3N)CC(C(=O)c3cccc(O)c3)=C(c3cccc(F)c3C)C(O)=C2C2CCCNC2)([C@@H]2CCCC[C@H]2N)C(C2CCCNC2)=C1O. The van der Waals surface area contributed by atoms with Crippen molar-refractivity contribution < 1.29 is 43.6 Å². The van der Waals surface area contributed by atoms with Crippen molar-refractivity contribution in [1.82, 2.24) is 10.6 Å². The molecule has 11 nitrogen and oxygen atoms in total. The summed E-state index contributed by atoms with van der Waals surface area (Å²) >= 11 is 0. The molecule has 76 heavy (non-hydrogen) atoms. The maximum absolute atomic E-state index is 18.6. The number of phenols is 2. The number of nitrogens with one attached hydrogen (secondary N) is 2. The van der Waals surface area contributed by atoms with E-state index in [1.54, 1.807) is 50.2 Å². The number of Topliss-reactive ketones (excluding diaryl/α,β-unsaturated/α-hetero) is 3. The van der Waals surface area contributed by atoms with E-state index < -0.39 is 75.6 Å². The highest BCUT2D eigenvalue weighted by Gasteiger charge is 2.67. The fourth-order valence-electron chi connectivity index (χ4n) is 14.9. The maximum Gasteiger partial charge on any atom is 0.189 e. The Hall–Kier alpha value is -6.25. The first-order valence-electron chi connectivity index (χ1n) is 27.6. The number of carbonyl (C=O) groups excluding carboxylic acids is 3. The molecule has 6 aliphatic rings. The summed E-state index contributed by atoms with van der Waals surface area (Å²) in [7, 11) is 0. The largest absolute Gasteiger partial charge is 0.508 e. The molecular formula is C63H72F2N4O7. The number of ketones is 3. The monoisotopic (exact) mass is 1030 g/mol. The lowest BCUT2D eigenvalue weighted by atomic mass is 9.43. The van der Waals surface area contributed by atoms with E-state index in [2.05, 4.69) is 10.6 Å². The van der Waals surface area contributed by atoms with Crippen molar-refractivity contribution >= 4 is 28.5 Å². The van der Waals surface area contributed by atoms with Crippen LogP contribution in [-0.4, -0.2) is 76.0 Å². The summed E-state index contributed by atoms with van der Waals surface area (Å²) in [6.07, 6.45) is 6.77. The molecule has 8 atom stereocenters.